The minimum atomic E-state index is -1.02. The van der Waals surface area contributed by atoms with E-state index in [2.05, 4.69) is 10.3 Å². The normalized spacial score (nSPS) is 12.5. The van der Waals surface area contributed by atoms with Crippen LogP contribution < -0.4 is 5.32 Å². The van der Waals surface area contributed by atoms with Gasteiger partial charge in [0.05, 0.1) is 5.56 Å². The molecule has 0 aromatic carbocycles. The van der Waals surface area contributed by atoms with Gasteiger partial charge in [-0.05, 0) is 18.4 Å². The Morgan fingerprint density at radius 3 is 2.38 bits per heavy atom. The number of carboxylic acids is 1. The van der Waals surface area contributed by atoms with E-state index in [4.69, 9.17) is 5.11 Å². The van der Waals surface area contributed by atoms with E-state index in [1.54, 1.807) is 33.2 Å². The van der Waals surface area contributed by atoms with Gasteiger partial charge in [-0.15, -0.1) is 0 Å². The molecule has 0 aliphatic carbocycles. The topological polar surface area (TPSA) is 82.2 Å². The molecule has 1 unspecified atom stereocenters. The molecule has 0 saturated carbocycles. The highest BCUT2D eigenvalue weighted by atomic mass is 16.4. The van der Waals surface area contributed by atoms with E-state index in [0.717, 1.165) is 5.56 Å². The zero-order valence-electron chi connectivity index (χ0n) is 9.57. The largest absolute Gasteiger partial charge is 0.480 e. The predicted molar refractivity (Wildman–Crippen MR) is 59.3 cm³/mol. The molecule has 5 heteroatoms. The summed E-state index contributed by atoms with van der Waals surface area (Å²) >= 11 is 0. The smallest absolute Gasteiger partial charge is 0.326 e. The van der Waals surface area contributed by atoms with Gasteiger partial charge in [0.2, 0.25) is 0 Å². The molecule has 3 N–H and O–H groups in total. The molecule has 1 atom stereocenters. The maximum atomic E-state index is 11.8. The molecule has 16 heavy (non-hydrogen) atoms. The van der Waals surface area contributed by atoms with E-state index >= 15 is 0 Å². The second-order valence-corrected chi connectivity index (χ2v) is 4.09. The number of aryl methyl sites for hydroxylation is 1. The summed E-state index contributed by atoms with van der Waals surface area (Å²) in [6.07, 6.45) is 3.25. The summed E-state index contributed by atoms with van der Waals surface area (Å²) in [5, 5.41) is 11.4. The monoisotopic (exact) mass is 224 g/mol. The fourth-order valence-corrected chi connectivity index (χ4v) is 1.42. The van der Waals surface area contributed by atoms with E-state index in [-0.39, 0.29) is 11.8 Å². The fourth-order valence-electron chi connectivity index (χ4n) is 1.42. The second kappa shape index (κ2) is 4.83. The molecular weight excluding hydrogens is 208 g/mol. The van der Waals surface area contributed by atoms with E-state index in [1.165, 1.54) is 0 Å². The van der Waals surface area contributed by atoms with Crippen LogP contribution in [-0.2, 0) is 4.79 Å². The summed E-state index contributed by atoms with van der Waals surface area (Å²) in [6, 6.07) is -0.859. The highest BCUT2D eigenvalue weighted by Gasteiger charge is 2.24. The van der Waals surface area contributed by atoms with Crippen LogP contribution in [0.3, 0.4) is 0 Å². The minimum absolute atomic E-state index is 0.152. The van der Waals surface area contributed by atoms with Crippen molar-refractivity contribution in [3.05, 3.63) is 23.5 Å². The number of aliphatic carboxylic acids is 1. The van der Waals surface area contributed by atoms with Gasteiger partial charge in [-0.2, -0.15) is 0 Å². The van der Waals surface area contributed by atoms with Gasteiger partial charge in [0, 0.05) is 12.4 Å². The van der Waals surface area contributed by atoms with Crippen molar-refractivity contribution in [2.45, 2.75) is 26.8 Å². The van der Waals surface area contributed by atoms with E-state index in [1.807, 2.05) is 0 Å². The van der Waals surface area contributed by atoms with E-state index in [0.29, 0.717) is 5.56 Å². The molecule has 88 valence electrons. The van der Waals surface area contributed by atoms with Crippen LogP contribution in [0.4, 0.5) is 0 Å². The lowest BCUT2D eigenvalue weighted by atomic mass is 10.0. The number of carbonyl (C=O) groups is 2. The first-order chi connectivity index (χ1) is 7.43. The number of carbonyl (C=O) groups excluding carboxylic acids is 1. The zero-order valence-corrected chi connectivity index (χ0v) is 9.57. The van der Waals surface area contributed by atoms with Gasteiger partial charge in [0.1, 0.15) is 6.04 Å². The first kappa shape index (κ1) is 12.3. The summed E-state index contributed by atoms with van der Waals surface area (Å²) in [4.78, 5) is 25.5. The quantitative estimate of drug-likeness (QED) is 0.717. The molecule has 0 aliphatic heterocycles. The Kier molecular flexibility index (Phi) is 3.71. The molecule has 1 aromatic rings. The molecule has 1 aromatic heterocycles. The lowest BCUT2D eigenvalue weighted by Crippen LogP contribution is -2.44. The molecule has 0 spiro atoms. The van der Waals surface area contributed by atoms with Crippen LogP contribution in [0.1, 0.15) is 29.8 Å². The Balaban J connectivity index is 2.77. The second-order valence-electron chi connectivity index (χ2n) is 4.09. The van der Waals surface area contributed by atoms with Crippen LogP contribution in [0.5, 0.6) is 0 Å². The average molecular weight is 224 g/mol. The summed E-state index contributed by atoms with van der Waals surface area (Å²) < 4.78 is 0. The van der Waals surface area contributed by atoms with Crippen molar-refractivity contribution in [3.8, 4) is 0 Å². The van der Waals surface area contributed by atoms with Crippen LogP contribution in [0.25, 0.3) is 0 Å². The highest BCUT2D eigenvalue weighted by Crippen LogP contribution is 2.08. The molecule has 0 aliphatic rings. The lowest BCUT2D eigenvalue weighted by molar-refractivity contribution is -0.140. The third-order valence-electron chi connectivity index (χ3n) is 2.42. The fraction of sp³-hybridized carbons (Fsp3) is 0.455. The van der Waals surface area contributed by atoms with Crippen molar-refractivity contribution in [2.24, 2.45) is 5.92 Å². The van der Waals surface area contributed by atoms with Crippen molar-refractivity contribution in [2.75, 3.05) is 0 Å². The maximum absolute atomic E-state index is 11.8. The van der Waals surface area contributed by atoms with Gasteiger partial charge in [-0.1, -0.05) is 13.8 Å². The average Bonchev–Trinajstić information content (AvgIpc) is 2.59. The minimum Gasteiger partial charge on any atom is -0.480 e. The Hall–Kier alpha value is -1.78. The third kappa shape index (κ3) is 2.62. The maximum Gasteiger partial charge on any atom is 0.326 e. The predicted octanol–water partition coefficient (Wildman–Crippen LogP) is 1.16. The van der Waals surface area contributed by atoms with Crippen LogP contribution in [0.15, 0.2) is 12.4 Å². The number of rotatable bonds is 4. The number of aromatic amines is 1. The Bertz CT molecular complexity index is 396. The number of H-pyrrole nitrogens is 1. The first-order valence-corrected chi connectivity index (χ1v) is 5.10. The van der Waals surface area contributed by atoms with Crippen LogP contribution in [0, 0.1) is 12.8 Å². The number of hydrogen-bond donors (Lipinski definition) is 3. The van der Waals surface area contributed by atoms with Gasteiger partial charge in [0.15, 0.2) is 0 Å². The Labute approximate surface area is 93.9 Å². The molecule has 1 amide bonds. The van der Waals surface area contributed by atoms with Crippen molar-refractivity contribution in [3.63, 3.8) is 0 Å². The number of aromatic nitrogens is 1. The Morgan fingerprint density at radius 2 is 2.00 bits per heavy atom. The molecule has 1 heterocycles. The van der Waals surface area contributed by atoms with E-state index < -0.39 is 12.0 Å². The number of amides is 1. The van der Waals surface area contributed by atoms with Crippen molar-refractivity contribution in [1.82, 2.24) is 10.3 Å². The summed E-state index contributed by atoms with van der Waals surface area (Å²) in [5.74, 6) is -1.53. The molecule has 5 nitrogen and oxygen atoms in total. The summed E-state index contributed by atoms with van der Waals surface area (Å²) in [5.41, 5.74) is 1.28. The third-order valence-corrected chi connectivity index (χ3v) is 2.42. The standard InChI is InChI=1S/C11H16N2O3/c1-6(2)9(11(15)16)13-10(14)8-5-12-4-7(8)3/h4-6,9,12H,1-3H3,(H,13,14)(H,15,16). The number of nitrogens with one attached hydrogen (secondary N) is 2. The van der Waals surface area contributed by atoms with Gasteiger partial charge in [-0.3, -0.25) is 4.79 Å². The molecule has 0 bridgehead atoms. The van der Waals surface area contributed by atoms with Crippen LogP contribution >= 0.6 is 0 Å². The summed E-state index contributed by atoms with van der Waals surface area (Å²) in [6.45, 7) is 5.29. The molecular formula is C11H16N2O3. The van der Waals surface area contributed by atoms with Crippen molar-refractivity contribution in [1.29, 1.82) is 0 Å². The zero-order chi connectivity index (χ0) is 12.3. The van der Waals surface area contributed by atoms with Gasteiger partial charge in [-0.25, -0.2) is 4.79 Å². The van der Waals surface area contributed by atoms with Gasteiger partial charge in [0.25, 0.3) is 5.91 Å². The molecule has 1 rings (SSSR count). The van der Waals surface area contributed by atoms with Gasteiger partial charge < -0.3 is 15.4 Å². The van der Waals surface area contributed by atoms with Crippen molar-refractivity contribution >= 4 is 11.9 Å². The van der Waals surface area contributed by atoms with Crippen molar-refractivity contribution < 1.29 is 14.7 Å². The van der Waals surface area contributed by atoms with Crippen LogP contribution in [0.2, 0.25) is 0 Å². The SMILES string of the molecule is Cc1c[nH]cc1C(=O)NC(C(=O)O)C(C)C. The molecule has 0 radical (unpaired) electrons. The first-order valence-electron chi connectivity index (χ1n) is 5.10. The van der Waals surface area contributed by atoms with Gasteiger partial charge >= 0.3 is 5.97 Å². The lowest BCUT2D eigenvalue weighted by Gasteiger charge is -2.17. The summed E-state index contributed by atoms with van der Waals surface area (Å²) in [7, 11) is 0. The number of hydrogen-bond acceptors (Lipinski definition) is 2. The molecule has 0 fully saturated rings. The van der Waals surface area contributed by atoms with E-state index in [9.17, 15) is 9.59 Å². The Morgan fingerprint density at radius 1 is 1.38 bits per heavy atom. The van der Waals surface area contributed by atoms with Crippen LogP contribution in [-0.4, -0.2) is 28.0 Å². The highest BCUT2D eigenvalue weighted by molar-refractivity contribution is 5.97. The number of carboxylic acid groups (broad SMARTS) is 1. The molecule has 0 saturated heterocycles.